The first kappa shape index (κ1) is 19.7. The lowest BCUT2D eigenvalue weighted by atomic mass is 9.97. The molecule has 4 heteroatoms. The zero-order valence-electron chi connectivity index (χ0n) is 17.6. The quantitative estimate of drug-likeness (QED) is 0.371. The highest BCUT2D eigenvalue weighted by Gasteiger charge is 2.42. The predicted molar refractivity (Wildman–Crippen MR) is 128 cm³/mol. The second-order valence-electron chi connectivity index (χ2n) is 8.38. The Bertz CT molecular complexity index is 1290. The second kappa shape index (κ2) is 7.86. The highest BCUT2D eigenvalue weighted by Crippen LogP contribution is 2.60. The molecule has 2 aliphatic heterocycles. The van der Waals surface area contributed by atoms with Gasteiger partial charge < -0.3 is 14.0 Å². The summed E-state index contributed by atoms with van der Waals surface area (Å²) in [5.74, 6) is -0.482. The molecule has 1 unspecified atom stereocenters. The third-order valence-corrected chi connectivity index (χ3v) is 9.69. The first-order valence-electron chi connectivity index (χ1n) is 10.9. The van der Waals surface area contributed by atoms with Crippen LogP contribution in [0.5, 0.6) is 0 Å². The molecule has 0 amide bonds. The third kappa shape index (κ3) is 3.17. The molecule has 4 aromatic rings. The fourth-order valence-electron chi connectivity index (χ4n) is 4.78. The van der Waals surface area contributed by atoms with Gasteiger partial charge in [-0.05, 0) is 45.5 Å². The Morgan fingerprint density at radius 1 is 0.625 bits per heavy atom. The average molecular weight is 438 g/mol. The van der Waals surface area contributed by atoms with E-state index < -0.39 is 13.0 Å². The van der Waals surface area contributed by atoms with Crippen LogP contribution in [0.15, 0.2) is 97.1 Å². The second-order valence-corrected chi connectivity index (χ2v) is 11.2. The van der Waals surface area contributed by atoms with Gasteiger partial charge in [0, 0.05) is 10.6 Å². The van der Waals surface area contributed by atoms with E-state index in [0.717, 1.165) is 27.3 Å². The van der Waals surface area contributed by atoms with Crippen molar-refractivity contribution in [3.05, 3.63) is 119 Å². The van der Waals surface area contributed by atoms with E-state index in [-0.39, 0.29) is 0 Å². The molecule has 4 aromatic carbocycles. The highest BCUT2D eigenvalue weighted by atomic mass is 31.2. The Balaban J connectivity index is 1.43. The largest absolute Gasteiger partial charge is 0.372 e. The molecule has 0 aromatic heterocycles. The lowest BCUT2D eigenvalue weighted by molar-refractivity contribution is 0.120. The molecule has 0 saturated heterocycles. The van der Waals surface area contributed by atoms with Gasteiger partial charge in [-0.3, -0.25) is 0 Å². The Labute approximate surface area is 188 Å². The van der Waals surface area contributed by atoms with E-state index >= 15 is 0 Å². The molecule has 158 valence electrons. The number of hydrogen-bond acceptors (Lipinski definition) is 3. The number of benzene rings is 4. The van der Waals surface area contributed by atoms with Crippen molar-refractivity contribution in [2.75, 3.05) is 0 Å². The molecule has 6 rings (SSSR count). The Morgan fingerprint density at radius 3 is 1.91 bits per heavy atom. The average Bonchev–Trinajstić information content (AvgIpc) is 3.51. The van der Waals surface area contributed by atoms with Crippen LogP contribution in [0.2, 0.25) is 0 Å². The molecule has 0 saturated carbocycles. The normalized spacial score (nSPS) is 17.2. The van der Waals surface area contributed by atoms with Gasteiger partial charge in [-0.2, -0.15) is 0 Å². The van der Waals surface area contributed by atoms with Crippen molar-refractivity contribution < 1.29 is 14.0 Å². The van der Waals surface area contributed by atoms with E-state index in [1.165, 1.54) is 16.7 Å². The molecule has 2 aliphatic rings. The zero-order chi connectivity index (χ0) is 21.5. The SMILES string of the molecule is O=P(c1ccccc1)(c1ccccc1)C1OCc2cc(-c3ccc4c(c3)COC4)ccc21. The van der Waals surface area contributed by atoms with Gasteiger partial charge in [0.05, 0.1) is 19.8 Å². The van der Waals surface area contributed by atoms with Crippen molar-refractivity contribution in [3.8, 4) is 11.1 Å². The molecule has 0 radical (unpaired) electrons. The Hall–Kier alpha value is -2.97. The van der Waals surface area contributed by atoms with Crippen LogP contribution in [-0.2, 0) is 33.9 Å². The smallest absolute Gasteiger partial charge is 0.174 e. The summed E-state index contributed by atoms with van der Waals surface area (Å²) in [6.07, 6.45) is 0. The molecular formula is C28H23O3P. The van der Waals surface area contributed by atoms with E-state index in [1.54, 1.807) is 0 Å². The van der Waals surface area contributed by atoms with Crippen LogP contribution in [0, 0.1) is 0 Å². The molecule has 0 spiro atoms. The summed E-state index contributed by atoms with van der Waals surface area (Å²) in [6.45, 7) is 1.84. The van der Waals surface area contributed by atoms with Crippen molar-refractivity contribution >= 4 is 17.8 Å². The minimum atomic E-state index is -3.04. The van der Waals surface area contributed by atoms with Crippen LogP contribution in [0.4, 0.5) is 0 Å². The van der Waals surface area contributed by atoms with E-state index in [1.807, 2.05) is 60.7 Å². The number of hydrogen-bond donors (Lipinski definition) is 0. The minimum absolute atomic E-state index is 0.464. The summed E-state index contributed by atoms with van der Waals surface area (Å²) >= 11 is 0. The van der Waals surface area contributed by atoms with Gasteiger partial charge in [0.15, 0.2) is 7.14 Å². The van der Waals surface area contributed by atoms with Crippen LogP contribution in [-0.4, -0.2) is 0 Å². The molecular weight excluding hydrogens is 415 g/mol. The molecule has 1 atom stereocenters. The molecule has 0 aliphatic carbocycles. The molecule has 32 heavy (non-hydrogen) atoms. The molecule has 0 N–H and O–H groups in total. The zero-order valence-corrected chi connectivity index (χ0v) is 18.5. The van der Waals surface area contributed by atoms with Gasteiger partial charge in [0.1, 0.15) is 5.85 Å². The van der Waals surface area contributed by atoms with Gasteiger partial charge in [0.2, 0.25) is 0 Å². The predicted octanol–water partition coefficient (Wildman–Crippen LogP) is 5.93. The maximum atomic E-state index is 14.7. The lowest BCUT2D eigenvalue weighted by Crippen LogP contribution is -2.21. The first-order chi connectivity index (χ1) is 15.7. The van der Waals surface area contributed by atoms with E-state index in [2.05, 4.69) is 36.4 Å². The summed E-state index contributed by atoms with van der Waals surface area (Å²) in [4.78, 5) is 0. The summed E-state index contributed by atoms with van der Waals surface area (Å²) < 4.78 is 26.6. The maximum absolute atomic E-state index is 14.7. The summed E-state index contributed by atoms with van der Waals surface area (Å²) in [5.41, 5.74) is 6.98. The van der Waals surface area contributed by atoms with Crippen molar-refractivity contribution in [1.82, 2.24) is 0 Å². The van der Waals surface area contributed by atoms with Crippen LogP contribution in [0.3, 0.4) is 0 Å². The van der Waals surface area contributed by atoms with Crippen LogP contribution < -0.4 is 10.6 Å². The molecule has 2 heterocycles. The van der Waals surface area contributed by atoms with Crippen molar-refractivity contribution in [2.45, 2.75) is 25.7 Å². The van der Waals surface area contributed by atoms with Gasteiger partial charge >= 0.3 is 0 Å². The van der Waals surface area contributed by atoms with Crippen LogP contribution >= 0.6 is 7.14 Å². The van der Waals surface area contributed by atoms with E-state index in [4.69, 9.17) is 9.47 Å². The molecule has 3 nitrogen and oxygen atoms in total. The standard InChI is InChI=1S/C28H23O3P/c29-32(25-7-3-1-4-8-25,26-9-5-2-6-10-26)28-27-14-13-21(16-24(27)19-31-28)20-11-12-22-17-30-18-23(22)15-20/h1-16,28H,17-19H2. The highest BCUT2D eigenvalue weighted by molar-refractivity contribution is 7.78. The Kier molecular flexibility index (Phi) is 4.84. The fraction of sp³-hybridized carbons (Fsp3) is 0.143. The van der Waals surface area contributed by atoms with Crippen molar-refractivity contribution in [3.63, 3.8) is 0 Å². The third-order valence-electron chi connectivity index (χ3n) is 6.47. The van der Waals surface area contributed by atoms with E-state index in [0.29, 0.717) is 19.8 Å². The van der Waals surface area contributed by atoms with Crippen LogP contribution in [0.1, 0.15) is 28.1 Å². The minimum Gasteiger partial charge on any atom is -0.372 e. The van der Waals surface area contributed by atoms with Gasteiger partial charge in [-0.25, -0.2) is 0 Å². The lowest BCUT2D eigenvalue weighted by Gasteiger charge is -2.25. The maximum Gasteiger partial charge on any atom is 0.174 e. The number of ether oxygens (including phenoxy) is 2. The summed E-state index contributed by atoms with van der Waals surface area (Å²) in [6, 6.07) is 32.5. The molecule has 0 bridgehead atoms. The van der Waals surface area contributed by atoms with Gasteiger partial charge in [0.25, 0.3) is 0 Å². The summed E-state index contributed by atoms with van der Waals surface area (Å²) in [7, 11) is -3.04. The van der Waals surface area contributed by atoms with Crippen molar-refractivity contribution in [2.24, 2.45) is 0 Å². The molecule has 0 fully saturated rings. The summed E-state index contributed by atoms with van der Waals surface area (Å²) in [5, 5.41) is 1.65. The van der Waals surface area contributed by atoms with E-state index in [9.17, 15) is 4.57 Å². The van der Waals surface area contributed by atoms with Gasteiger partial charge in [-0.15, -0.1) is 0 Å². The monoisotopic (exact) mass is 438 g/mol. The number of fused-ring (bicyclic) bond motifs is 2. The fourth-order valence-corrected chi connectivity index (χ4v) is 7.78. The van der Waals surface area contributed by atoms with Gasteiger partial charge in [-0.1, -0.05) is 84.9 Å². The topological polar surface area (TPSA) is 35.5 Å². The van der Waals surface area contributed by atoms with Crippen molar-refractivity contribution in [1.29, 1.82) is 0 Å². The number of rotatable bonds is 4. The Morgan fingerprint density at radius 2 is 1.22 bits per heavy atom. The first-order valence-corrected chi connectivity index (χ1v) is 12.7. The van der Waals surface area contributed by atoms with Crippen LogP contribution in [0.25, 0.3) is 11.1 Å².